The Morgan fingerprint density at radius 1 is 1.18 bits per heavy atom. The van der Waals surface area contributed by atoms with Crippen molar-refractivity contribution in [2.75, 3.05) is 0 Å². The predicted molar refractivity (Wildman–Crippen MR) is 92.4 cm³/mol. The number of benzene rings is 1. The summed E-state index contributed by atoms with van der Waals surface area (Å²) in [6.45, 7) is 7.08. The standard InChI is InChI=1S/C20H24N2/c1-13(2)20-10-8-14(3)17(12-20)19(22-20)16-9-11-21-18-7-5-4-6-15(16)18/h4-7,9,11,13-14,17H,8,10,12H2,1-3H3/t14?,17?,20-/m0/s1. The largest absolute Gasteiger partial charge is 0.282 e. The van der Waals surface area contributed by atoms with Crippen LogP contribution in [0.3, 0.4) is 0 Å². The molecule has 0 amide bonds. The van der Waals surface area contributed by atoms with Gasteiger partial charge in [0.2, 0.25) is 0 Å². The third kappa shape index (κ3) is 1.93. The minimum absolute atomic E-state index is 0.177. The van der Waals surface area contributed by atoms with Crippen molar-refractivity contribution in [1.29, 1.82) is 0 Å². The molecule has 2 unspecified atom stereocenters. The van der Waals surface area contributed by atoms with E-state index in [1.165, 1.54) is 35.9 Å². The third-order valence-corrected chi connectivity index (χ3v) is 5.99. The Balaban J connectivity index is 1.90. The van der Waals surface area contributed by atoms with Gasteiger partial charge in [-0.3, -0.25) is 9.98 Å². The van der Waals surface area contributed by atoms with Crippen molar-refractivity contribution in [3.8, 4) is 0 Å². The molecule has 4 rings (SSSR count). The van der Waals surface area contributed by atoms with Gasteiger partial charge in [0.25, 0.3) is 0 Å². The summed E-state index contributed by atoms with van der Waals surface area (Å²) in [6, 6.07) is 10.6. The molecule has 2 heterocycles. The molecule has 0 N–H and O–H groups in total. The van der Waals surface area contributed by atoms with Crippen molar-refractivity contribution in [3.05, 3.63) is 42.1 Å². The first-order valence-electron chi connectivity index (χ1n) is 8.54. The molecule has 1 aromatic heterocycles. The van der Waals surface area contributed by atoms with Crippen LogP contribution in [-0.2, 0) is 0 Å². The van der Waals surface area contributed by atoms with Gasteiger partial charge in [-0.05, 0) is 43.2 Å². The average molecular weight is 292 g/mol. The van der Waals surface area contributed by atoms with E-state index in [1.807, 2.05) is 6.20 Å². The van der Waals surface area contributed by atoms with Crippen molar-refractivity contribution in [2.45, 2.75) is 45.6 Å². The van der Waals surface area contributed by atoms with E-state index < -0.39 is 0 Å². The molecule has 0 saturated heterocycles. The zero-order valence-corrected chi connectivity index (χ0v) is 13.7. The van der Waals surface area contributed by atoms with Crippen LogP contribution in [0.4, 0.5) is 0 Å². The highest BCUT2D eigenvalue weighted by atomic mass is 14.9. The van der Waals surface area contributed by atoms with Crippen molar-refractivity contribution in [3.63, 3.8) is 0 Å². The highest BCUT2D eigenvalue weighted by Gasteiger charge is 2.48. The number of pyridine rings is 1. The quantitative estimate of drug-likeness (QED) is 0.775. The van der Waals surface area contributed by atoms with Crippen molar-refractivity contribution in [2.24, 2.45) is 22.7 Å². The molecule has 22 heavy (non-hydrogen) atoms. The van der Waals surface area contributed by atoms with Gasteiger partial charge in [-0.15, -0.1) is 0 Å². The second kappa shape index (κ2) is 4.91. The van der Waals surface area contributed by atoms with Crippen LogP contribution in [0, 0.1) is 17.8 Å². The molecule has 1 saturated carbocycles. The van der Waals surface area contributed by atoms with Gasteiger partial charge in [-0.25, -0.2) is 0 Å². The van der Waals surface area contributed by atoms with Crippen molar-refractivity contribution in [1.82, 2.24) is 4.98 Å². The second-order valence-corrected chi connectivity index (χ2v) is 7.46. The Kier molecular flexibility index (Phi) is 3.11. The van der Waals surface area contributed by atoms with Crippen LogP contribution in [0.5, 0.6) is 0 Å². The summed E-state index contributed by atoms with van der Waals surface area (Å²) >= 11 is 0. The lowest BCUT2D eigenvalue weighted by molar-refractivity contribution is 0.186. The normalized spacial score (nSPS) is 30.8. The Hall–Kier alpha value is -1.70. The highest BCUT2D eigenvalue weighted by Crippen LogP contribution is 2.50. The van der Waals surface area contributed by atoms with Gasteiger partial charge < -0.3 is 0 Å². The summed E-state index contributed by atoms with van der Waals surface area (Å²) in [5, 5.41) is 1.25. The lowest BCUT2D eigenvalue weighted by Gasteiger charge is -2.37. The topological polar surface area (TPSA) is 25.2 Å². The van der Waals surface area contributed by atoms with Gasteiger partial charge in [-0.1, -0.05) is 39.0 Å². The number of nitrogens with zero attached hydrogens (tertiary/aromatic N) is 2. The zero-order valence-electron chi connectivity index (χ0n) is 13.7. The molecule has 1 aromatic carbocycles. The molecule has 114 valence electrons. The first kappa shape index (κ1) is 13.9. The molecule has 2 heteroatoms. The molecular weight excluding hydrogens is 268 g/mol. The lowest BCUT2D eigenvalue weighted by atomic mass is 9.68. The lowest BCUT2D eigenvalue weighted by Crippen LogP contribution is -2.37. The van der Waals surface area contributed by atoms with E-state index >= 15 is 0 Å². The van der Waals surface area contributed by atoms with Gasteiger partial charge in [0.15, 0.2) is 0 Å². The van der Waals surface area contributed by atoms with E-state index in [-0.39, 0.29) is 5.54 Å². The maximum absolute atomic E-state index is 5.34. The van der Waals surface area contributed by atoms with Crippen LogP contribution < -0.4 is 0 Å². The molecular formula is C20H24N2. The van der Waals surface area contributed by atoms with Gasteiger partial charge >= 0.3 is 0 Å². The van der Waals surface area contributed by atoms with Gasteiger partial charge in [0.05, 0.1) is 11.1 Å². The third-order valence-electron chi connectivity index (χ3n) is 5.99. The second-order valence-electron chi connectivity index (χ2n) is 7.46. The smallest absolute Gasteiger partial charge is 0.0708 e. The number of fused-ring (bicyclic) bond motifs is 3. The van der Waals surface area contributed by atoms with Gasteiger partial charge in [-0.2, -0.15) is 0 Å². The number of rotatable bonds is 2. The molecule has 2 bridgehead atoms. The summed E-state index contributed by atoms with van der Waals surface area (Å²) < 4.78 is 0. The maximum Gasteiger partial charge on any atom is 0.0708 e. The number of hydrogen-bond donors (Lipinski definition) is 0. The highest BCUT2D eigenvalue weighted by molar-refractivity contribution is 6.12. The molecule has 2 aliphatic rings. The first-order chi connectivity index (χ1) is 10.6. The number of para-hydroxylation sites is 1. The van der Waals surface area contributed by atoms with Crippen LogP contribution in [0.25, 0.3) is 10.9 Å². The van der Waals surface area contributed by atoms with Crippen molar-refractivity contribution < 1.29 is 0 Å². The Bertz CT molecular complexity index is 741. The van der Waals surface area contributed by atoms with Crippen molar-refractivity contribution >= 4 is 16.6 Å². The molecule has 1 aliphatic heterocycles. The molecule has 0 radical (unpaired) electrons. The Labute approximate surface area is 132 Å². The number of aliphatic imine (C=N–C) groups is 1. The monoisotopic (exact) mass is 292 g/mol. The van der Waals surface area contributed by atoms with E-state index in [4.69, 9.17) is 4.99 Å². The Morgan fingerprint density at radius 2 is 2.00 bits per heavy atom. The molecule has 1 aliphatic carbocycles. The van der Waals surface area contributed by atoms with Crippen LogP contribution in [0.2, 0.25) is 0 Å². The predicted octanol–water partition coefficient (Wildman–Crippen LogP) is 4.87. The van der Waals surface area contributed by atoms with Crippen LogP contribution in [0.1, 0.15) is 45.6 Å². The van der Waals surface area contributed by atoms with E-state index in [9.17, 15) is 0 Å². The van der Waals surface area contributed by atoms with E-state index in [1.54, 1.807) is 0 Å². The Morgan fingerprint density at radius 3 is 2.82 bits per heavy atom. The van der Waals surface area contributed by atoms with E-state index in [2.05, 4.69) is 56.1 Å². The fourth-order valence-electron chi connectivity index (χ4n) is 4.39. The van der Waals surface area contributed by atoms with Crippen LogP contribution >= 0.6 is 0 Å². The van der Waals surface area contributed by atoms with Gasteiger partial charge in [0, 0.05) is 28.8 Å². The van der Waals surface area contributed by atoms with Gasteiger partial charge in [0.1, 0.15) is 0 Å². The minimum Gasteiger partial charge on any atom is -0.282 e. The van der Waals surface area contributed by atoms with E-state index in [0.29, 0.717) is 11.8 Å². The molecule has 2 aromatic rings. The average Bonchev–Trinajstić information content (AvgIpc) is 2.87. The summed E-state index contributed by atoms with van der Waals surface area (Å²) in [7, 11) is 0. The SMILES string of the molecule is CC1CC[C@@]2(C(C)C)CC1C(c1ccnc3ccccc13)=N2. The number of aromatic nitrogens is 1. The van der Waals surface area contributed by atoms with E-state index in [0.717, 1.165) is 11.4 Å². The maximum atomic E-state index is 5.34. The summed E-state index contributed by atoms with van der Waals surface area (Å²) in [6.07, 6.45) is 5.72. The fraction of sp³-hybridized carbons (Fsp3) is 0.500. The molecule has 1 fully saturated rings. The zero-order chi connectivity index (χ0) is 15.3. The molecule has 0 spiro atoms. The summed E-state index contributed by atoms with van der Waals surface area (Å²) in [5.74, 6) is 1.97. The summed E-state index contributed by atoms with van der Waals surface area (Å²) in [4.78, 5) is 9.86. The summed E-state index contributed by atoms with van der Waals surface area (Å²) in [5.41, 5.74) is 3.91. The molecule has 2 nitrogen and oxygen atoms in total. The first-order valence-corrected chi connectivity index (χ1v) is 8.54. The fourth-order valence-corrected chi connectivity index (χ4v) is 4.39. The number of hydrogen-bond acceptors (Lipinski definition) is 2. The van der Waals surface area contributed by atoms with Crippen LogP contribution in [-0.4, -0.2) is 16.2 Å². The minimum atomic E-state index is 0.177. The van der Waals surface area contributed by atoms with Crippen LogP contribution in [0.15, 0.2) is 41.5 Å². The molecule has 3 atom stereocenters.